The van der Waals surface area contributed by atoms with E-state index in [0.717, 1.165) is 18.4 Å². The molecule has 1 amide bonds. The number of hydrogen-bond donors (Lipinski definition) is 0. The predicted molar refractivity (Wildman–Crippen MR) is 101 cm³/mol. The van der Waals surface area contributed by atoms with Gasteiger partial charge in [0.15, 0.2) is 0 Å². The zero-order valence-electron chi connectivity index (χ0n) is 15.5. The lowest BCUT2D eigenvalue weighted by molar-refractivity contribution is -0.124. The first-order valence-corrected chi connectivity index (χ1v) is 9.43. The second-order valence-electron chi connectivity index (χ2n) is 6.95. The number of carbonyl (C=O) groups excluding carboxylic acids is 2. The van der Waals surface area contributed by atoms with Gasteiger partial charge in [-0.05, 0) is 49.1 Å². The number of aryl methyl sites for hydroxylation is 1. The number of Topliss-reactive ketones (excluding diaryl/α,β-unsaturated/α-hetero) is 1. The lowest BCUT2D eigenvalue weighted by atomic mass is 9.90. The van der Waals surface area contributed by atoms with E-state index in [0.29, 0.717) is 31.5 Å². The molecule has 3 rings (SSSR count). The molecule has 0 spiro atoms. The Morgan fingerprint density at radius 2 is 1.79 bits per heavy atom. The summed E-state index contributed by atoms with van der Waals surface area (Å²) in [6.45, 7) is -1.90. The third-order valence-corrected chi connectivity index (χ3v) is 4.99. The van der Waals surface area contributed by atoms with E-state index < -0.39 is 6.61 Å². The predicted octanol–water partition coefficient (Wildman–Crippen LogP) is 4.34. The van der Waals surface area contributed by atoms with Crippen LogP contribution in [0.5, 0.6) is 5.75 Å². The van der Waals surface area contributed by atoms with Crippen LogP contribution in [0.1, 0.15) is 35.2 Å². The maximum Gasteiger partial charge on any atom is 0.387 e. The largest absolute Gasteiger partial charge is 0.435 e. The van der Waals surface area contributed by atoms with Gasteiger partial charge in [0.2, 0.25) is 0 Å². The summed E-state index contributed by atoms with van der Waals surface area (Å²) in [6, 6.07) is 15.5. The number of rotatable bonds is 7. The number of amides is 1. The summed E-state index contributed by atoms with van der Waals surface area (Å²) in [4.78, 5) is 27.0. The average molecular weight is 387 g/mol. The fourth-order valence-corrected chi connectivity index (χ4v) is 3.50. The van der Waals surface area contributed by atoms with E-state index in [2.05, 4.69) is 4.74 Å². The summed E-state index contributed by atoms with van der Waals surface area (Å²) >= 11 is 0. The van der Waals surface area contributed by atoms with E-state index in [1.54, 1.807) is 4.90 Å². The molecule has 0 N–H and O–H groups in total. The molecule has 1 unspecified atom stereocenters. The van der Waals surface area contributed by atoms with Crippen molar-refractivity contribution in [2.24, 2.45) is 5.92 Å². The molecule has 0 radical (unpaired) electrons. The van der Waals surface area contributed by atoms with Crippen molar-refractivity contribution in [3.8, 4) is 5.75 Å². The van der Waals surface area contributed by atoms with E-state index >= 15 is 0 Å². The van der Waals surface area contributed by atoms with E-state index in [9.17, 15) is 18.4 Å². The summed E-state index contributed by atoms with van der Waals surface area (Å²) in [6.07, 6.45) is 2.74. The first kappa shape index (κ1) is 20.0. The summed E-state index contributed by atoms with van der Waals surface area (Å²) in [5, 5.41) is 0. The molecule has 1 atom stereocenters. The standard InChI is InChI=1S/C22H23F2NO3/c23-22(24)28-19-11-9-17(10-12-19)21(27)25-14-4-7-18(15-25)20(26)13-8-16-5-2-1-3-6-16/h1-3,5-6,9-12,18,22H,4,7-8,13-15H2. The molecular weight excluding hydrogens is 364 g/mol. The van der Waals surface area contributed by atoms with Crippen LogP contribution < -0.4 is 4.74 Å². The van der Waals surface area contributed by atoms with Gasteiger partial charge in [0.1, 0.15) is 11.5 Å². The van der Waals surface area contributed by atoms with Crippen LogP contribution in [-0.2, 0) is 11.2 Å². The molecule has 6 heteroatoms. The van der Waals surface area contributed by atoms with Crippen molar-refractivity contribution in [3.63, 3.8) is 0 Å². The highest BCUT2D eigenvalue weighted by atomic mass is 19.3. The number of alkyl halides is 2. The van der Waals surface area contributed by atoms with Crippen LogP contribution in [0.25, 0.3) is 0 Å². The number of nitrogens with zero attached hydrogens (tertiary/aromatic N) is 1. The summed E-state index contributed by atoms with van der Waals surface area (Å²) < 4.78 is 28.8. The minimum Gasteiger partial charge on any atom is -0.435 e. The molecule has 28 heavy (non-hydrogen) atoms. The van der Waals surface area contributed by atoms with Crippen LogP contribution in [0.4, 0.5) is 8.78 Å². The second-order valence-corrected chi connectivity index (χ2v) is 6.95. The number of ether oxygens (including phenoxy) is 1. The Bertz CT molecular complexity index is 793. The highest BCUT2D eigenvalue weighted by Gasteiger charge is 2.28. The minimum atomic E-state index is -2.90. The Hall–Kier alpha value is -2.76. The van der Waals surface area contributed by atoms with Gasteiger partial charge in [-0.3, -0.25) is 9.59 Å². The van der Waals surface area contributed by atoms with Crippen LogP contribution in [-0.4, -0.2) is 36.3 Å². The van der Waals surface area contributed by atoms with Gasteiger partial charge in [0.05, 0.1) is 0 Å². The lowest BCUT2D eigenvalue weighted by Crippen LogP contribution is -2.42. The maximum absolute atomic E-state index is 12.7. The van der Waals surface area contributed by atoms with Crippen molar-refractivity contribution in [2.75, 3.05) is 13.1 Å². The summed E-state index contributed by atoms with van der Waals surface area (Å²) in [7, 11) is 0. The Morgan fingerprint density at radius 1 is 1.07 bits per heavy atom. The van der Waals surface area contributed by atoms with Gasteiger partial charge in [-0.1, -0.05) is 30.3 Å². The molecule has 2 aromatic carbocycles. The number of piperidine rings is 1. The topological polar surface area (TPSA) is 46.6 Å². The van der Waals surface area contributed by atoms with Gasteiger partial charge in [-0.15, -0.1) is 0 Å². The van der Waals surface area contributed by atoms with Crippen molar-refractivity contribution in [2.45, 2.75) is 32.3 Å². The number of ketones is 1. The fourth-order valence-electron chi connectivity index (χ4n) is 3.50. The molecule has 1 saturated heterocycles. The van der Waals surface area contributed by atoms with Crippen LogP contribution in [0, 0.1) is 5.92 Å². The monoisotopic (exact) mass is 387 g/mol. The molecule has 0 aromatic heterocycles. The molecule has 0 bridgehead atoms. The number of likely N-dealkylation sites (tertiary alicyclic amines) is 1. The molecule has 148 valence electrons. The molecule has 0 aliphatic carbocycles. The molecule has 1 heterocycles. The molecule has 0 saturated carbocycles. The number of halogens is 2. The zero-order chi connectivity index (χ0) is 19.9. The number of carbonyl (C=O) groups is 2. The van der Waals surface area contributed by atoms with E-state index in [-0.39, 0.29) is 23.4 Å². The van der Waals surface area contributed by atoms with E-state index in [1.807, 2.05) is 30.3 Å². The summed E-state index contributed by atoms with van der Waals surface area (Å²) in [5.41, 5.74) is 1.53. The number of benzene rings is 2. The highest BCUT2D eigenvalue weighted by molar-refractivity contribution is 5.95. The van der Waals surface area contributed by atoms with E-state index in [4.69, 9.17) is 0 Å². The van der Waals surface area contributed by atoms with Gasteiger partial charge >= 0.3 is 6.61 Å². The van der Waals surface area contributed by atoms with Crippen LogP contribution in [0.15, 0.2) is 54.6 Å². The van der Waals surface area contributed by atoms with E-state index in [1.165, 1.54) is 24.3 Å². The van der Waals surface area contributed by atoms with Crippen molar-refractivity contribution < 1.29 is 23.1 Å². The zero-order valence-corrected chi connectivity index (χ0v) is 15.5. The third-order valence-electron chi connectivity index (χ3n) is 4.99. The Morgan fingerprint density at radius 3 is 2.46 bits per heavy atom. The lowest BCUT2D eigenvalue weighted by Gasteiger charge is -2.32. The third kappa shape index (κ3) is 5.38. The van der Waals surface area contributed by atoms with Gasteiger partial charge in [0, 0.05) is 31.0 Å². The first-order chi connectivity index (χ1) is 13.5. The Balaban J connectivity index is 1.56. The van der Waals surface area contributed by atoms with Crippen LogP contribution >= 0.6 is 0 Å². The maximum atomic E-state index is 12.7. The number of hydrogen-bond acceptors (Lipinski definition) is 3. The molecule has 4 nitrogen and oxygen atoms in total. The summed E-state index contributed by atoms with van der Waals surface area (Å²) in [5.74, 6) is -0.145. The molecule has 1 aliphatic heterocycles. The van der Waals surface area contributed by atoms with Gasteiger partial charge < -0.3 is 9.64 Å². The van der Waals surface area contributed by atoms with Crippen molar-refractivity contribution >= 4 is 11.7 Å². The Labute approximate surface area is 163 Å². The molecule has 1 fully saturated rings. The molecule has 1 aliphatic rings. The highest BCUT2D eigenvalue weighted by Crippen LogP contribution is 2.22. The van der Waals surface area contributed by atoms with Crippen molar-refractivity contribution in [1.29, 1.82) is 0 Å². The fraction of sp³-hybridized carbons (Fsp3) is 0.364. The quantitative estimate of drug-likeness (QED) is 0.710. The minimum absolute atomic E-state index is 0.0131. The smallest absolute Gasteiger partial charge is 0.387 e. The van der Waals surface area contributed by atoms with Gasteiger partial charge in [-0.25, -0.2) is 0 Å². The Kier molecular flexibility index (Phi) is 6.74. The molecular formula is C22H23F2NO3. The van der Waals surface area contributed by atoms with Crippen LogP contribution in [0.2, 0.25) is 0 Å². The second kappa shape index (κ2) is 9.44. The van der Waals surface area contributed by atoms with Crippen molar-refractivity contribution in [1.82, 2.24) is 4.90 Å². The van der Waals surface area contributed by atoms with Crippen LogP contribution in [0.3, 0.4) is 0 Å². The average Bonchev–Trinajstić information content (AvgIpc) is 2.72. The SMILES string of the molecule is O=C(CCc1ccccc1)C1CCCN(C(=O)c2ccc(OC(F)F)cc2)C1. The van der Waals surface area contributed by atoms with Crippen molar-refractivity contribution in [3.05, 3.63) is 65.7 Å². The van der Waals surface area contributed by atoms with Gasteiger partial charge in [0.25, 0.3) is 5.91 Å². The first-order valence-electron chi connectivity index (χ1n) is 9.43. The van der Waals surface area contributed by atoms with Gasteiger partial charge in [-0.2, -0.15) is 8.78 Å². The normalized spacial score (nSPS) is 16.8. The molecule has 2 aromatic rings.